The van der Waals surface area contributed by atoms with Crippen LogP contribution in [0.1, 0.15) is 10.4 Å². The van der Waals surface area contributed by atoms with Crippen molar-refractivity contribution >= 4 is 34.8 Å². The van der Waals surface area contributed by atoms with E-state index in [1.54, 1.807) is 31.4 Å². The van der Waals surface area contributed by atoms with E-state index in [2.05, 4.69) is 5.32 Å². The van der Waals surface area contributed by atoms with Crippen molar-refractivity contribution in [3.63, 3.8) is 0 Å². The largest absolute Gasteiger partial charge is 0.495 e. The van der Waals surface area contributed by atoms with Crippen LogP contribution < -0.4 is 10.1 Å². The third-order valence-corrected chi connectivity index (χ3v) is 3.08. The molecule has 1 amide bonds. The standard InChI is InChI=1S/C14H11Cl2NO2/c1-19-13-5-3-2-4-12(13)17-14(18)10-7-6-9(15)8-11(10)16/h2-8H,1H3,(H,17,18). The lowest BCUT2D eigenvalue weighted by atomic mass is 10.2. The smallest absolute Gasteiger partial charge is 0.257 e. The molecule has 2 aromatic rings. The van der Waals surface area contributed by atoms with E-state index in [0.717, 1.165) is 0 Å². The van der Waals surface area contributed by atoms with Crippen LogP contribution in [-0.2, 0) is 0 Å². The molecular weight excluding hydrogens is 285 g/mol. The number of nitrogens with one attached hydrogen (secondary N) is 1. The Kier molecular flexibility index (Phi) is 4.30. The predicted molar refractivity (Wildman–Crippen MR) is 77.4 cm³/mol. The Labute approximate surface area is 121 Å². The summed E-state index contributed by atoms with van der Waals surface area (Å²) < 4.78 is 5.16. The zero-order valence-corrected chi connectivity index (χ0v) is 11.6. The second-order valence-electron chi connectivity index (χ2n) is 3.78. The molecule has 0 radical (unpaired) electrons. The summed E-state index contributed by atoms with van der Waals surface area (Å²) >= 11 is 11.8. The van der Waals surface area contributed by atoms with Gasteiger partial charge in [-0.15, -0.1) is 0 Å². The molecule has 0 spiro atoms. The molecule has 0 unspecified atom stereocenters. The lowest BCUT2D eigenvalue weighted by molar-refractivity contribution is 0.102. The molecular formula is C14H11Cl2NO2. The first kappa shape index (κ1) is 13.7. The van der Waals surface area contributed by atoms with Crippen molar-refractivity contribution in [3.05, 3.63) is 58.1 Å². The van der Waals surface area contributed by atoms with Crippen LogP contribution >= 0.6 is 23.2 Å². The number of benzene rings is 2. The number of carbonyl (C=O) groups is 1. The van der Waals surface area contributed by atoms with E-state index in [0.29, 0.717) is 27.0 Å². The predicted octanol–water partition coefficient (Wildman–Crippen LogP) is 4.25. The minimum atomic E-state index is -0.314. The van der Waals surface area contributed by atoms with Crippen LogP contribution in [-0.4, -0.2) is 13.0 Å². The van der Waals surface area contributed by atoms with Gasteiger partial charge < -0.3 is 10.1 Å². The van der Waals surface area contributed by atoms with Gasteiger partial charge in [-0.25, -0.2) is 0 Å². The molecule has 0 saturated carbocycles. The van der Waals surface area contributed by atoms with Crippen molar-refractivity contribution in [1.29, 1.82) is 0 Å². The fourth-order valence-electron chi connectivity index (χ4n) is 1.61. The highest BCUT2D eigenvalue weighted by Crippen LogP contribution is 2.26. The summed E-state index contributed by atoms with van der Waals surface area (Å²) in [5, 5.41) is 3.54. The number of para-hydroxylation sites is 2. The third-order valence-electron chi connectivity index (χ3n) is 2.53. The molecule has 0 heterocycles. The number of ether oxygens (including phenoxy) is 1. The van der Waals surface area contributed by atoms with Crippen molar-refractivity contribution in [2.24, 2.45) is 0 Å². The van der Waals surface area contributed by atoms with E-state index in [1.165, 1.54) is 6.07 Å². The van der Waals surface area contributed by atoms with Crippen molar-refractivity contribution in [1.82, 2.24) is 0 Å². The maximum Gasteiger partial charge on any atom is 0.257 e. The molecule has 0 aliphatic rings. The molecule has 0 fully saturated rings. The van der Waals surface area contributed by atoms with Crippen molar-refractivity contribution < 1.29 is 9.53 Å². The number of halogens is 2. The highest BCUT2D eigenvalue weighted by atomic mass is 35.5. The monoisotopic (exact) mass is 295 g/mol. The topological polar surface area (TPSA) is 38.3 Å². The highest BCUT2D eigenvalue weighted by Gasteiger charge is 2.12. The number of hydrogen-bond donors (Lipinski definition) is 1. The molecule has 2 rings (SSSR count). The molecule has 0 bridgehead atoms. The van der Waals surface area contributed by atoms with Gasteiger partial charge in [0.1, 0.15) is 5.75 Å². The molecule has 5 heteroatoms. The lowest BCUT2D eigenvalue weighted by Gasteiger charge is -2.10. The molecule has 1 N–H and O–H groups in total. The quantitative estimate of drug-likeness (QED) is 0.919. The van der Waals surface area contributed by atoms with E-state index < -0.39 is 0 Å². The van der Waals surface area contributed by atoms with Gasteiger partial charge in [0.2, 0.25) is 0 Å². The Morgan fingerprint density at radius 2 is 1.89 bits per heavy atom. The van der Waals surface area contributed by atoms with Crippen LogP contribution in [0.5, 0.6) is 5.75 Å². The number of carbonyl (C=O) groups excluding carboxylic acids is 1. The number of amides is 1. The summed E-state index contributed by atoms with van der Waals surface area (Å²) in [5.41, 5.74) is 0.943. The molecule has 98 valence electrons. The van der Waals surface area contributed by atoms with Gasteiger partial charge >= 0.3 is 0 Å². The first-order valence-corrected chi connectivity index (χ1v) is 6.27. The van der Waals surface area contributed by atoms with Crippen LogP contribution in [0, 0.1) is 0 Å². The summed E-state index contributed by atoms with van der Waals surface area (Å²) in [4.78, 5) is 12.1. The average Bonchev–Trinajstić information content (AvgIpc) is 2.39. The van der Waals surface area contributed by atoms with E-state index in [4.69, 9.17) is 27.9 Å². The highest BCUT2D eigenvalue weighted by molar-refractivity contribution is 6.37. The van der Waals surface area contributed by atoms with Crippen molar-refractivity contribution in [2.75, 3.05) is 12.4 Å². The van der Waals surface area contributed by atoms with Crippen molar-refractivity contribution in [2.45, 2.75) is 0 Å². The molecule has 0 saturated heterocycles. The summed E-state index contributed by atoms with van der Waals surface area (Å²) in [6.45, 7) is 0. The van der Waals surface area contributed by atoms with E-state index in [9.17, 15) is 4.79 Å². The van der Waals surface area contributed by atoms with E-state index in [-0.39, 0.29) is 5.91 Å². The van der Waals surface area contributed by atoms with Gasteiger partial charge in [0.15, 0.2) is 0 Å². The Balaban J connectivity index is 2.26. The first-order valence-electron chi connectivity index (χ1n) is 5.51. The summed E-state index contributed by atoms with van der Waals surface area (Å²) in [5.74, 6) is 0.270. The molecule has 2 aromatic carbocycles. The van der Waals surface area contributed by atoms with E-state index in [1.807, 2.05) is 12.1 Å². The fraction of sp³-hybridized carbons (Fsp3) is 0.0714. The summed E-state index contributed by atoms with van der Waals surface area (Å²) in [6, 6.07) is 11.9. The second-order valence-corrected chi connectivity index (χ2v) is 4.62. The summed E-state index contributed by atoms with van der Waals surface area (Å²) in [6.07, 6.45) is 0. The molecule has 0 atom stereocenters. The average molecular weight is 296 g/mol. The summed E-state index contributed by atoms with van der Waals surface area (Å²) in [7, 11) is 1.54. The lowest BCUT2D eigenvalue weighted by Crippen LogP contribution is -2.13. The number of anilines is 1. The minimum absolute atomic E-state index is 0.305. The SMILES string of the molecule is COc1ccccc1NC(=O)c1ccc(Cl)cc1Cl. The van der Waals surface area contributed by atoms with Gasteiger partial charge in [0.05, 0.1) is 23.4 Å². The van der Waals surface area contributed by atoms with Gasteiger partial charge in [-0.05, 0) is 30.3 Å². The van der Waals surface area contributed by atoms with Crippen molar-refractivity contribution in [3.8, 4) is 5.75 Å². The molecule has 0 aliphatic carbocycles. The van der Waals surface area contributed by atoms with Crippen LogP contribution in [0.3, 0.4) is 0 Å². The van der Waals surface area contributed by atoms with Crippen LogP contribution in [0.25, 0.3) is 0 Å². The van der Waals surface area contributed by atoms with Crippen LogP contribution in [0.15, 0.2) is 42.5 Å². The zero-order valence-electron chi connectivity index (χ0n) is 10.1. The van der Waals surface area contributed by atoms with Gasteiger partial charge in [0, 0.05) is 5.02 Å². The Bertz CT molecular complexity index is 614. The normalized spacial score (nSPS) is 10.1. The number of hydrogen-bond acceptors (Lipinski definition) is 2. The van der Waals surface area contributed by atoms with Gasteiger partial charge in [-0.1, -0.05) is 35.3 Å². The minimum Gasteiger partial charge on any atom is -0.495 e. The maximum absolute atomic E-state index is 12.1. The molecule has 0 aliphatic heterocycles. The van der Waals surface area contributed by atoms with Gasteiger partial charge in [-0.3, -0.25) is 4.79 Å². The number of rotatable bonds is 3. The van der Waals surface area contributed by atoms with Gasteiger partial charge in [0.25, 0.3) is 5.91 Å². The Morgan fingerprint density at radius 3 is 2.58 bits per heavy atom. The molecule has 3 nitrogen and oxygen atoms in total. The molecule has 19 heavy (non-hydrogen) atoms. The third kappa shape index (κ3) is 3.19. The second kappa shape index (κ2) is 5.95. The fourth-order valence-corrected chi connectivity index (χ4v) is 2.11. The maximum atomic E-state index is 12.1. The first-order chi connectivity index (χ1) is 9.11. The zero-order chi connectivity index (χ0) is 13.8. The molecule has 0 aromatic heterocycles. The number of methoxy groups -OCH3 is 1. The van der Waals surface area contributed by atoms with Crippen LogP contribution in [0.2, 0.25) is 10.0 Å². The van der Waals surface area contributed by atoms with E-state index >= 15 is 0 Å². The van der Waals surface area contributed by atoms with Crippen LogP contribution in [0.4, 0.5) is 5.69 Å². The van der Waals surface area contributed by atoms with Gasteiger partial charge in [-0.2, -0.15) is 0 Å². The Morgan fingerprint density at radius 1 is 1.16 bits per heavy atom. The Hall–Kier alpha value is -1.71.